The van der Waals surface area contributed by atoms with Crippen LogP contribution in [0.5, 0.6) is 5.75 Å². The first-order chi connectivity index (χ1) is 12.4. The molecular weight excluding hydrogens is 354 g/mol. The number of carbonyl (C=O) groups excluding carboxylic acids is 1. The molecule has 0 saturated heterocycles. The van der Waals surface area contributed by atoms with Crippen molar-refractivity contribution in [3.63, 3.8) is 0 Å². The molecule has 1 aromatic heterocycles. The Morgan fingerprint density at radius 2 is 2.08 bits per heavy atom. The third kappa shape index (κ3) is 4.80. The van der Waals surface area contributed by atoms with Crippen LogP contribution in [0.15, 0.2) is 47.6 Å². The maximum Gasteiger partial charge on any atom is 0.247 e. The molecule has 140 valence electrons. The average molecular weight is 377 g/mol. The molecule has 0 aliphatic rings. The van der Waals surface area contributed by atoms with E-state index in [4.69, 9.17) is 4.74 Å². The Labute approximate surface area is 154 Å². The van der Waals surface area contributed by atoms with E-state index in [1.807, 2.05) is 6.07 Å². The van der Waals surface area contributed by atoms with Crippen LogP contribution in [0.3, 0.4) is 0 Å². The molecule has 1 N–H and O–H groups in total. The van der Waals surface area contributed by atoms with E-state index in [0.717, 1.165) is 15.4 Å². The number of hydrogen-bond donors (Lipinski definition) is 1. The second-order valence-electron chi connectivity index (χ2n) is 5.72. The fourth-order valence-corrected chi connectivity index (χ4v) is 4.06. The number of ether oxygens (including phenoxy) is 1. The first-order valence-corrected chi connectivity index (χ1v) is 9.63. The summed E-state index contributed by atoms with van der Waals surface area (Å²) in [6.07, 6.45) is 3.29. The number of nitrogens with zero attached hydrogens (tertiary/aromatic N) is 2. The Balaban J connectivity index is 2.14. The van der Waals surface area contributed by atoms with E-state index >= 15 is 0 Å². The van der Waals surface area contributed by atoms with Gasteiger partial charge in [-0.1, -0.05) is 19.1 Å². The second kappa shape index (κ2) is 8.77. The van der Waals surface area contributed by atoms with Crippen molar-refractivity contribution < 1.29 is 17.9 Å². The number of rotatable bonds is 8. The molecular formula is C18H23N3O4S. The van der Waals surface area contributed by atoms with Crippen molar-refractivity contribution in [2.75, 3.05) is 20.2 Å². The van der Waals surface area contributed by atoms with Gasteiger partial charge >= 0.3 is 0 Å². The Bertz CT molecular complexity index is 854. The van der Waals surface area contributed by atoms with Gasteiger partial charge < -0.3 is 10.1 Å². The number of hydrogen-bond acceptors (Lipinski definition) is 5. The Hall–Kier alpha value is -2.45. The van der Waals surface area contributed by atoms with Gasteiger partial charge in [0, 0.05) is 25.5 Å². The second-order valence-corrected chi connectivity index (χ2v) is 7.63. The number of likely N-dealkylation sites (N-methyl/N-ethyl adjacent to an activating group) is 1. The zero-order valence-electron chi connectivity index (χ0n) is 15.1. The Morgan fingerprint density at radius 1 is 1.31 bits per heavy atom. The highest BCUT2D eigenvalue weighted by Gasteiger charge is 2.28. The number of pyridine rings is 1. The van der Waals surface area contributed by atoms with Gasteiger partial charge in [-0.25, -0.2) is 8.42 Å². The van der Waals surface area contributed by atoms with Crippen LogP contribution in [0, 0.1) is 6.92 Å². The summed E-state index contributed by atoms with van der Waals surface area (Å²) in [4.78, 5) is 16.2. The van der Waals surface area contributed by atoms with E-state index in [1.54, 1.807) is 50.5 Å². The van der Waals surface area contributed by atoms with Crippen LogP contribution >= 0.6 is 0 Å². The standard InChI is InChI=1S/C18H23N3O4S/c1-4-21(13-18(22)20-12-15-6-5-9-19-11-15)26(23,24)17-10-14(2)7-8-16(17)25-3/h5-11H,4,12-13H2,1-3H3,(H,20,22). The fourth-order valence-electron chi connectivity index (χ4n) is 2.41. The van der Waals surface area contributed by atoms with Crippen LogP contribution < -0.4 is 10.1 Å². The van der Waals surface area contributed by atoms with Gasteiger partial charge in [0.1, 0.15) is 10.6 Å². The summed E-state index contributed by atoms with van der Waals surface area (Å²) in [5, 5.41) is 2.71. The number of aryl methyl sites for hydroxylation is 1. The lowest BCUT2D eigenvalue weighted by Gasteiger charge is -2.21. The van der Waals surface area contributed by atoms with Gasteiger partial charge in [-0.2, -0.15) is 4.31 Å². The monoisotopic (exact) mass is 377 g/mol. The minimum Gasteiger partial charge on any atom is -0.495 e. The van der Waals surface area contributed by atoms with Crippen molar-refractivity contribution in [2.24, 2.45) is 0 Å². The molecule has 26 heavy (non-hydrogen) atoms. The molecule has 7 nitrogen and oxygen atoms in total. The van der Waals surface area contributed by atoms with E-state index in [-0.39, 0.29) is 36.2 Å². The number of benzene rings is 1. The molecule has 0 radical (unpaired) electrons. The third-order valence-corrected chi connectivity index (χ3v) is 5.76. The van der Waals surface area contributed by atoms with Crippen LogP contribution in [-0.2, 0) is 21.4 Å². The van der Waals surface area contributed by atoms with Crippen molar-refractivity contribution in [2.45, 2.75) is 25.3 Å². The summed E-state index contributed by atoms with van der Waals surface area (Å²) in [7, 11) is -2.44. The van der Waals surface area contributed by atoms with Gasteiger partial charge in [-0.15, -0.1) is 0 Å². The minimum absolute atomic E-state index is 0.0573. The van der Waals surface area contributed by atoms with Crippen LogP contribution in [0.25, 0.3) is 0 Å². The molecule has 0 aliphatic carbocycles. The SMILES string of the molecule is CCN(CC(=O)NCc1cccnc1)S(=O)(=O)c1cc(C)ccc1OC. The largest absolute Gasteiger partial charge is 0.495 e. The molecule has 0 aliphatic heterocycles. The zero-order valence-corrected chi connectivity index (χ0v) is 15.9. The Morgan fingerprint density at radius 3 is 2.69 bits per heavy atom. The topological polar surface area (TPSA) is 88.6 Å². The summed E-state index contributed by atoms with van der Waals surface area (Å²) >= 11 is 0. The number of nitrogens with one attached hydrogen (secondary N) is 1. The maximum atomic E-state index is 13.0. The maximum absolute atomic E-state index is 13.0. The van der Waals surface area contributed by atoms with Gasteiger partial charge in [0.15, 0.2) is 0 Å². The number of aromatic nitrogens is 1. The lowest BCUT2D eigenvalue weighted by Crippen LogP contribution is -2.40. The summed E-state index contributed by atoms with van der Waals surface area (Å²) < 4.78 is 32.2. The Kier molecular flexibility index (Phi) is 6.70. The third-order valence-electron chi connectivity index (χ3n) is 3.82. The lowest BCUT2D eigenvalue weighted by atomic mass is 10.2. The summed E-state index contributed by atoms with van der Waals surface area (Å²) in [6.45, 7) is 3.68. The molecule has 1 amide bonds. The van der Waals surface area contributed by atoms with Crippen molar-refractivity contribution in [1.29, 1.82) is 0 Å². The summed E-state index contributed by atoms with van der Waals surface area (Å²) in [6, 6.07) is 8.53. The van der Waals surface area contributed by atoms with Crippen molar-refractivity contribution >= 4 is 15.9 Å². The van der Waals surface area contributed by atoms with Crippen LogP contribution in [0.1, 0.15) is 18.1 Å². The molecule has 1 heterocycles. The molecule has 2 aromatic rings. The molecule has 8 heteroatoms. The van der Waals surface area contributed by atoms with Crippen LogP contribution in [0.4, 0.5) is 0 Å². The molecule has 0 fully saturated rings. The number of carbonyl (C=O) groups is 1. The van der Waals surface area contributed by atoms with E-state index in [0.29, 0.717) is 0 Å². The zero-order chi connectivity index (χ0) is 19.2. The first-order valence-electron chi connectivity index (χ1n) is 8.19. The lowest BCUT2D eigenvalue weighted by molar-refractivity contribution is -0.121. The van der Waals surface area contributed by atoms with Crippen molar-refractivity contribution in [3.8, 4) is 5.75 Å². The summed E-state index contributed by atoms with van der Waals surface area (Å²) in [5.74, 6) is -0.129. The van der Waals surface area contributed by atoms with E-state index in [2.05, 4.69) is 10.3 Å². The normalized spacial score (nSPS) is 11.4. The average Bonchev–Trinajstić information content (AvgIpc) is 2.65. The molecule has 0 saturated carbocycles. The van der Waals surface area contributed by atoms with Crippen LogP contribution in [0.2, 0.25) is 0 Å². The smallest absolute Gasteiger partial charge is 0.247 e. The number of amides is 1. The van der Waals surface area contributed by atoms with E-state index in [1.165, 1.54) is 7.11 Å². The van der Waals surface area contributed by atoms with Crippen LogP contribution in [-0.4, -0.2) is 43.8 Å². The molecule has 2 rings (SSSR count). The van der Waals surface area contributed by atoms with Gasteiger partial charge in [0.2, 0.25) is 15.9 Å². The quantitative estimate of drug-likeness (QED) is 0.757. The van der Waals surface area contributed by atoms with E-state index in [9.17, 15) is 13.2 Å². The fraction of sp³-hybridized carbons (Fsp3) is 0.333. The van der Waals surface area contributed by atoms with Crippen molar-refractivity contribution in [1.82, 2.24) is 14.6 Å². The number of sulfonamides is 1. The molecule has 0 unspecified atom stereocenters. The molecule has 0 spiro atoms. The number of methoxy groups -OCH3 is 1. The first kappa shape index (κ1) is 19.9. The molecule has 0 bridgehead atoms. The van der Waals surface area contributed by atoms with Gasteiger partial charge in [0.25, 0.3) is 0 Å². The molecule has 1 aromatic carbocycles. The van der Waals surface area contributed by atoms with Gasteiger partial charge in [-0.3, -0.25) is 9.78 Å². The predicted molar refractivity (Wildman–Crippen MR) is 98.2 cm³/mol. The predicted octanol–water partition coefficient (Wildman–Crippen LogP) is 1.73. The summed E-state index contributed by atoms with van der Waals surface area (Å²) in [5.41, 5.74) is 1.63. The minimum atomic E-state index is -3.86. The highest BCUT2D eigenvalue weighted by atomic mass is 32.2. The molecule has 0 atom stereocenters. The van der Waals surface area contributed by atoms with Crippen molar-refractivity contribution in [3.05, 3.63) is 53.9 Å². The highest BCUT2D eigenvalue weighted by Crippen LogP contribution is 2.27. The highest BCUT2D eigenvalue weighted by molar-refractivity contribution is 7.89. The van der Waals surface area contributed by atoms with Gasteiger partial charge in [0.05, 0.1) is 13.7 Å². The van der Waals surface area contributed by atoms with E-state index < -0.39 is 10.0 Å². The van der Waals surface area contributed by atoms with Gasteiger partial charge in [-0.05, 0) is 36.2 Å².